The maximum Gasteiger partial charge on any atom is 0.275 e. The Hall–Kier alpha value is -2.19. The van der Waals surface area contributed by atoms with Crippen LogP contribution in [0.2, 0.25) is 0 Å². The van der Waals surface area contributed by atoms with Gasteiger partial charge in [0.25, 0.3) is 11.6 Å². The molecule has 1 aliphatic heterocycles. The summed E-state index contributed by atoms with van der Waals surface area (Å²) in [5.41, 5.74) is 0.800. The Morgan fingerprint density at radius 3 is 2.87 bits per heavy atom. The molecule has 0 aliphatic carbocycles. The second kappa shape index (κ2) is 6.51. The van der Waals surface area contributed by atoms with Gasteiger partial charge in [0.15, 0.2) is 5.69 Å². The number of H-pyrrole nitrogens is 1. The number of nitrogens with zero attached hydrogens (tertiary/aromatic N) is 3. The number of aromatic amines is 1. The van der Waals surface area contributed by atoms with Crippen LogP contribution < -0.4 is 5.32 Å². The largest absolute Gasteiger partial charge is 0.332 e. The molecule has 23 heavy (non-hydrogen) atoms. The number of hydrogen-bond donors (Lipinski definition) is 2. The van der Waals surface area contributed by atoms with E-state index in [1.807, 2.05) is 13.8 Å². The Balaban J connectivity index is 0.00000192. The van der Waals surface area contributed by atoms with Gasteiger partial charge in [0, 0.05) is 42.7 Å². The van der Waals surface area contributed by atoms with Crippen molar-refractivity contribution >= 4 is 34.9 Å². The summed E-state index contributed by atoms with van der Waals surface area (Å²) < 4.78 is 0. The van der Waals surface area contributed by atoms with Crippen molar-refractivity contribution in [3.63, 3.8) is 0 Å². The van der Waals surface area contributed by atoms with Crippen LogP contribution in [0.3, 0.4) is 0 Å². The molecule has 8 nitrogen and oxygen atoms in total. The van der Waals surface area contributed by atoms with Gasteiger partial charge in [-0.05, 0) is 19.9 Å². The van der Waals surface area contributed by atoms with E-state index in [0.717, 1.165) is 6.54 Å². The van der Waals surface area contributed by atoms with Gasteiger partial charge in [-0.15, -0.1) is 12.4 Å². The van der Waals surface area contributed by atoms with Crippen LogP contribution in [-0.2, 0) is 0 Å². The van der Waals surface area contributed by atoms with Crippen LogP contribution >= 0.6 is 12.4 Å². The standard InChI is InChI=1S/C14H17N5O3.ClH/c1-8-9(2)18(6-5-15-8)14(20)13-11-7-10(19(21)22)3-4-12(11)16-17-13;/h3-4,7-9,15H,5-6H2,1-2H3,(H,16,17);1H. The normalized spacial score (nSPS) is 21.0. The number of carbonyl (C=O) groups excluding carboxylic acids is 1. The molecule has 1 aliphatic rings. The number of carbonyl (C=O) groups is 1. The van der Waals surface area contributed by atoms with Gasteiger partial charge in [0.1, 0.15) is 0 Å². The van der Waals surface area contributed by atoms with Crippen LogP contribution in [-0.4, -0.2) is 51.1 Å². The van der Waals surface area contributed by atoms with E-state index in [9.17, 15) is 14.9 Å². The summed E-state index contributed by atoms with van der Waals surface area (Å²) in [5.74, 6) is -0.201. The van der Waals surface area contributed by atoms with Crippen molar-refractivity contribution in [1.29, 1.82) is 0 Å². The number of hydrogen-bond acceptors (Lipinski definition) is 5. The second-order valence-electron chi connectivity index (χ2n) is 5.54. The molecule has 1 saturated heterocycles. The number of nitro benzene ring substituents is 1. The van der Waals surface area contributed by atoms with Gasteiger partial charge in [-0.3, -0.25) is 20.0 Å². The number of rotatable bonds is 2. The van der Waals surface area contributed by atoms with Crippen LogP contribution in [0.25, 0.3) is 10.9 Å². The molecule has 0 spiro atoms. The van der Waals surface area contributed by atoms with Crippen molar-refractivity contribution in [3.05, 3.63) is 34.0 Å². The van der Waals surface area contributed by atoms with E-state index in [4.69, 9.17) is 0 Å². The third-order valence-corrected chi connectivity index (χ3v) is 4.25. The third kappa shape index (κ3) is 2.99. The topological polar surface area (TPSA) is 104 Å². The molecule has 0 radical (unpaired) electrons. The van der Waals surface area contributed by atoms with Gasteiger partial charge in [0.2, 0.25) is 0 Å². The van der Waals surface area contributed by atoms with Crippen LogP contribution in [0.1, 0.15) is 24.3 Å². The summed E-state index contributed by atoms with van der Waals surface area (Å²) in [5, 5.41) is 21.5. The summed E-state index contributed by atoms with van der Waals surface area (Å²) >= 11 is 0. The summed E-state index contributed by atoms with van der Waals surface area (Å²) in [6, 6.07) is 4.58. The number of nitrogens with one attached hydrogen (secondary N) is 2. The smallest absolute Gasteiger partial charge is 0.275 e. The van der Waals surface area contributed by atoms with Crippen molar-refractivity contribution in [1.82, 2.24) is 20.4 Å². The third-order valence-electron chi connectivity index (χ3n) is 4.25. The quantitative estimate of drug-likeness (QED) is 0.640. The number of piperazine rings is 1. The molecule has 3 rings (SSSR count). The SMILES string of the molecule is CC1NCCN(C(=O)c2n[nH]c3ccc([N+](=O)[O-])cc23)C1C.Cl. The monoisotopic (exact) mass is 339 g/mol. The number of benzene rings is 1. The molecule has 1 aromatic heterocycles. The van der Waals surface area contributed by atoms with Gasteiger partial charge in [-0.1, -0.05) is 0 Å². The van der Waals surface area contributed by atoms with Gasteiger partial charge in [-0.2, -0.15) is 5.10 Å². The van der Waals surface area contributed by atoms with E-state index in [-0.39, 0.29) is 41.8 Å². The van der Waals surface area contributed by atoms with Crippen molar-refractivity contribution in [2.24, 2.45) is 0 Å². The van der Waals surface area contributed by atoms with Crippen LogP contribution in [0.15, 0.2) is 18.2 Å². The fourth-order valence-corrected chi connectivity index (χ4v) is 2.76. The molecule has 9 heteroatoms. The Kier molecular flexibility index (Phi) is 4.86. The van der Waals surface area contributed by atoms with Crippen molar-refractivity contribution in [2.45, 2.75) is 25.9 Å². The number of aromatic nitrogens is 2. The van der Waals surface area contributed by atoms with E-state index < -0.39 is 4.92 Å². The molecular weight excluding hydrogens is 322 g/mol. The van der Waals surface area contributed by atoms with E-state index in [0.29, 0.717) is 17.4 Å². The first-order valence-electron chi connectivity index (χ1n) is 7.16. The highest BCUT2D eigenvalue weighted by Crippen LogP contribution is 2.24. The maximum atomic E-state index is 12.8. The molecule has 2 N–H and O–H groups in total. The molecule has 1 aromatic carbocycles. The molecule has 0 bridgehead atoms. The number of halogens is 1. The van der Waals surface area contributed by atoms with E-state index in [1.54, 1.807) is 11.0 Å². The highest BCUT2D eigenvalue weighted by Gasteiger charge is 2.31. The maximum absolute atomic E-state index is 12.8. The lowest BCUT2D eigenvalue weighted by Gasteiger charge is -2.38. The highest BCUT2D eigenvalue weighted by atomic mass is 35.5. The minimum absolute atomic E-state index is 0. The second-order valence-corrected chi connectivity index (χ2v) is 5.54. The molecule has 2 atom stereocenters. The fourth-order valence-electron chi connectivity index (χ4n) is 2.76. The van der Waals surface area contributed by atoms with E-state index in [1.165, 1.54) is 12.1 Å². The van der Waals surface area contributed by atoms with Gasteiger partial charge in [-0.25, -0.2) is 0 Å². The summed E-state index contributed by atoms with van der Waals surface area (Å²) in [6.07, 6.45) is 0. The molecule has 124 valence electrons. The minimum Gasteiger partial charge on any atom is -0.332 e. The van der Waals surface area contributed by atoms with Crippen LogP contribution in [0.5, 0.6) is 0 Å². The van der Waals surface area contributed by atoms with Crippen molar-refractivity contribution < 1.29 is 9.72 Å². The average molecular weight is 340 g/mol. The highest BCUT2D eigenvalue weighted by molar-refractivity contribution is 6.05. The Labute approximate surface area is 138 Å². The lowest BCUT2D eigenvalue weighted by atomic mass is 10.1. The van der Waals surface area contributed by atoms with Crippen LogP contribution in [0.4, 0.5) is 5.69 Å². The molecule has 1 fully saturated rings. The van der Waals surface area contributed by atoms with Crippen molar-refractivity contribution in [3.8, 4) is 0 Å². The zero-order chi connectivity index (χ0) is 15.9. The Morgan fingerprint density at radius 2 is 2.17 bits per heavy atom. The van der Waals surface area contributed by atoms with Crippen molar-refractivity contribution in [2.75, 3.05) is 13.1 Å². The number of fused-ring (bicyclic) bond motifs is 1. The molecule has 2 aromatic rings. The zero-order valence-electron chi connectivity index (χ0n) is 12.8. The van der Waals surface area contributed by atoms with E-state index in [2.05, 4.69) is 15.5 Å². The fraction of sp³-hybridized carbons (Fsp3) is 0.429. The summed E-state index contributed by atoms with van der Waals surface area (Å²) in [4.78, 5) is 25.0. The predicted octanol–water partition coefficient (Wildman–Crippen LogP) is 1.72. The first-order chi connectivity index (χ1) is 10.5. The van der Waals surface area contributed by atoms with Gasteiger partial charge < -0.3 is 10.2 Å². The van der Waals surface area contributed by atoms with Crippen LogP contribution in [0, 0.1) is 10.1 Å². The Bertz CT molecular complexity index is 747. The predicted molar refractivity (Wildman–Crippen MR) is 88.0 cm³/mol. The number of amides is 1. The summed E-state index contributed by atoms with van der Waals surface area (Å²) in [7, 11) is 0. The lowest BCUT2D eigenvalue weighted by molar-refractivity contribution is -0.384. The zero-order valence-corrected chi connectivity index (χ0v) is 13.6. The lowest BCUT2D eigenvalue weighted by Crippen LogP contribution is -2.57. The molecule has 2 heterocycles. The van der Waals surface area contributed by atoms with Gasteiger partial charge in [0.05, 0.1) is 10.4 Å². The molecule has 0 saturated carbocycles. The molecule has 2 unspecified atom stereocenters. The first-order valence-corrected chi connectivity index (χ1v) is 7.16. The minimum atomic E-state index is -0.476. The summed E-state index contributed by atoms with van der Waals surface area (Å²) in [6.45, 7) is 5.32. The molecular formula is C14H18ClN5O3. The molecule has 1 amide bonds. The number of non-ortho nitro benzene ring substituents is 1. The van der Waals surface area contributed by atoms with Gasteiger partial charge >= 0.3 is 0 Å². The average Bonchev–Trinajstić information content (AvgIpc) is 2.92. The first kappa shape index (κ1) is 17.2. The van der Waals surface area contributed by atoms with E-state index >= 15 is 0 Å². The Morgan fingerprint density at radius 1 is 1.43 bits per heavy atom. The number of nitro groups is 1.